The molecule has 0 aliphatic carbocycles. The Kier molecular flexibility index (Phi) is 7.95. The molecule has 1 aromatic heterocycles. The SMILES string of the molecule is CCCCCCCCCCCn1c(C(C)O)nc2cc(C)c(C)cc21. The second kappa shape index (κ2) is 9.96. The number of aliphatic hydroxyl groups is 1. The van der Waals surface area contributed by atoms with Gasteiger partial charge in [-0.15, -0.1) is 0 Å². The molecule has 0 radical (unpaired) electrons. The fraction of sp³-hybridized carbons (Fsp3) is 0.682. The molecule has 1 unspecified atom stereocenters. The Bertz CT molecular complexity index is 658. The van der Waals surface area contributed by atoms with Crippen molar-refractivity contribution in [2.45, 2.75) is 98.1 Å². The van der Waals surface area contributed by atoms with Crippen LogP contribution in [0.2, 0.25) is 0 Å². The van der Waals surface area contributed by atoms with Crippen molar-refractivity contribution >= 4 is 11.0 Å². The van der Waals surface area contributed by atoms with Gasteiger partial charge in [0.2, 0.25) is 0 Å². The summed E-state index contributed by atoms with van der Waals surface area (Å²) in [7, 11) is 0. The molecule has 2 rings (SSSR count). The molecule has 0 saturated carbocycles. The Balaban J connectivity index is 1.89. The number of nitrogens with zero attached hydrogens (tertiary/aromatic N) is 2. The number of aromatic nitrogens is 2. The molecule has 1 N–H and O–H groups in total. The summed E-state index contributed by atoms with van der Waals surface area (Å²) in [6, 6.07) is 4.36. The highest BCUT2D eigenvalue weighted by Crippen LogP contribution is 2.24. The molecule has 3 heteroatoms. The predicted molar refractivity (Wildman–Crippen MR) is 107 cm³/mol. The van der Waals surface area contributed by atoms with Gasteiger partial charge in [-0.25, -0.2) is 4.98 Å². The quantitative estimate of drug-likeness (QED) is 0.490. The van der Waals surface area contributed by atoms with Gasteiger partial charge in [0.05, 0.1) is 11.0 Å². The molecular weight excluding hydrogens is 308 g/mol. The van der Waals surface area contributed by atoms with E-state index in [4.69, 9.17) is 0 Å². The number of rotatable bonds is 11. The van der Waals surface area contributed by atoms with Gasteiger partial charge >= 0.3 is 0 Å². The summed E-state index contributed by atoms with van der Waals surface area (Å²) in [4.78, 5) is 4.68. The van der Waals surface area contributed by atoms with E-state index in [0.29, 0.717) is 0 Å². The van der Waals surface area contributed by atoms with Crippen LogP contribution in [0.15, 0.2) is 12.1 Å². The van der Waals surface area contributed by atoms with Crippen LogP contribution in [0.4, 0.5) is 0 Å². The van der Waals surface area contributed by atoms with Crippen molar-refractivity contribution in [2.75, 3.05) is 0 Å². The highest BCUT2D eigenvalue weighted by Gasteiger charge is 2.15. The van der Waals surface area contributed by atoms with E-state index in [1.807, 2.05) is 6.92 Å². The van der Waals surface area contributed by atoms with Crippen LogP contribution in [0, 0.1) is 13.8 Å². The first-order chi connectivity index (χ1) is 12.0. The lowest BCUT2D eigenvalue weighted by molar-refractivity contribution is 0.184. The van der Waals surface area contributed by atoms with Crippen molar-refractivity contribution in [3.05, 3.63) is 29.1 Å². The van der Waals surface area contributed by atoms with Gasteiger partial charge in [-0.1, -0.05) is 58.3 Å². The number of benzene rings is 1. The average Bonchev–Trinajstić information content (AvgIpc) is 2.92. The smallest absolute Gasteiger partial charge is 0.138 e. The zero-order valence-electron chi connectivity index (χ0n) is 16.6. The zero-order chi connectivity index (χ0) is 18.2. The van der Waals surface area contributed by atoms with Gasteiger partial charge < -0.3 is 9.67 Å². The number of unbranched alkanes of at least 4 members (excludes halogenated alkanes) is 8. The van der Waals surface area contributed by atoms with Crippen LogP contribution >= 0.6 is 0 Å². The maximum Gasteiger partial charge on any atom is 0.138 e. The normalized spacial score (nSPS) is 12.8. The van der Waals surface area contributed by atoms with Crippen LogP contribution < -0.4 is 0 Å². The molecule has 0 aliphatic heterocycles. The molecule has 140 valence electrons. The molecule has 1 aromatic carbocycles. The van der Waals surface area contributed by atoms with E-state index in [-0.39, 0.29) is 0 Å². The second-order valence-corrected chi connectivity index (χ2v) is 7.55. The third-order valence-electron chi connectivity index (χ3n) is 5.25. The Morgan fingerprint density at radius 2 is 1.48 bits per heavy atom. The minimum Gasteiger partial charge on any atom is -0.385 e. The molecule has 1 atom stereocenters. The molecule has 3 nitrogen and oxygen atoms in total. The second-order valence-electron chi connectivity index (χ2n) is 7.55. The van der Waals surface area contributed by atoms with Crippen molar-refractivity contribution in [1.29, 1.82) is 0 Å². The number of imidazole rings is 1. The van der Waals surface area contributed by atoms with E-state index in [9.17, 15) is 5.11 Å². The minimum atomic E-state index is -0.522. The monoisotopic (exact) mass is 344 g/mol. The largest absolute Gasteiger partial charge is 0.385 e. The molecule has 0 bridgehead atoms. The fourth-order valence-corrected chi connectivity index (χ4v) is 3.53. The standard InChI is InChI=1S/C22H36N2O/c1-5-6-7-8-9-10-11-12-13-14-24-21-16-18(3)17(2)15-20(21)23-22(24)19(4)25/h15-16,19,25H,5-14H2,1-4H3. The van der Waals surface area contributed by atoms with E-state index in [1.165, 1.54) is 68.0 Å². The number of fused-ring (bicyclic) bond motifs is 1. The lowest BCUT2D eigenvalue weighted by atomic mass is 10.1. The van der Waals surface area contributed by atoms with Crippen LogP contribution in [-0.2, 0) is 6.54 Å². The summed E-state index contributed by atoms with van der Waals surface area (Å²) in [5.41, 5.74) is 4.73. The van der Waals surface area contributed by atoms with Gasteiger partial charge in [0.25, 0.3) is 0 Å². The summed E-state index contributed by atoms with van der Waals surface area (Å²) < 4.78 is 2.23. The van der Waals surface area contributed by atoms with E-state index < -0.39 is 6.10 Å². The number of aliphatic hydroxyl groups excluding tert-OH is 1. The van der Waals surface area contributed by atoms with Gasteiger partial charge in [0.1, 0.15) is 11.9 Å². The molecule has 0 aliphatic rings. The molecule has 1 heterocycles. The van der Waals surface area contributed by atoms with Crippen LogP contribution in [-0.4, -0.2) is 14.7 Å². The molecule has 0 spiro atoms. The van der Waals surface area contributed by atoms with Crippen LogP contribution in [0.3, 0.4) is 0 Å². The molecular formula is C22H36N2O. The minimum absolute atomic E-state index is 0.522. The van der Waals surface area contributed by atoms with Gasteiger partial charge in [0.15, 0.2) is 0 Å². The van der Waals surface area contributed by atoms with Crippen molar-refractivity contribution in [3.8, 4) is 0 Å². The Hall–Kier alpha value is -1.35. The highest BCUT2D eigenvalue weighted by atomic mass is 16.3. The Labute approximate surface area is 153 Å². The third kappa shape index (κ3) is 5.57. The van der Waals surface area contributed by atoms with Crippen LogP contribution in [0.1, 0.15) is 94.7 Å². The molecule has 0 fully saturated rings. The zero-order valence-corrected chi connectivity index (χ0v) is 16.6. The summed E-state index contributed by atoms with van der Waals surface area (Å²) in [5, 5.41) is 10.1. The Morgan fingerprint density at radius 3 is 2.08 bits per heavy atom. The van der Waals surface area contributed by atoms with Crippen molar-refractivity contribution in [1.82, 2.24) is 9.55 Å². The maximum absolute atomic E-state index is 10.1. The summed E-state index contributed by atoms with van der Waals surface area (Å²) in [6.45, 7) is 9.30. The van der Waals surface area contributed by atoms with Gasteiger partial charge in [0, 0.05) is 6.54 Å². The molecule has 0 amide bonds. The van der Waals surface area contributed by atoms with E-state index >= 15 is 0 Å². The van der Waals surface area contributed by atoms with Gasteiger partial charge in [-0.2, -0.15) is 0 Å². The first-order valence-corrected chi connectivity index (χ1v) is 10.2. The van der Waals surface area contributed by atoms with Crippen LogP contribution in [0.25, 0.3) is 11.0 Å². The maximum atomic E-state index is 10.1. The molecule has 0 saturated heterocycles. The fourth-order valence-electron chi connectivity index (χ4n) is 3.53. The number of aryl methyl sites for hydroxylation is 3. The first-order valence-electron chi connectivity index (χ1n) is 10.2. The van der Waals surface area contributed by atoms with Crippen molar-refractivity contribution in [2.24, 2.45) is 0 Å². The van der Waals surface area contributed by atoms with Crippen LogP contribution in [0.5, 0.6) is 0 Å². The summed E-state index contributed by atoms with van der Waals surface area (Å²) >= 11 is 0. The van der Waals surface area contributed by atoms with E-state index in [2.05, 4.69) is 42.5 Å². The number of hydrogen-bond donors (Lipinski definition) is 1. The number of hydrogen-bond acceptors (Lipinski definition) is 2. The van der Waals surface area contributed by atoms with Crippen molar-refractivity contribution in [3.63, 3.8) is 0 Å². The van der Waals surface area contributed by atoms with Gasteiger partial charge in [-0.3, -0.25) is 0 Å². The topological polar surface area (TPSA) is 38.0 Å². The average molecular weight is 345 g/mol. The first kappa shape index (κ1) is 20.0. The molecule has 2 aromatic rings. The predicted octanol–water partition coefficient (Wildman–Crippen LogP) is 6.24. The molecule has 25 heavy (non-hydrogen) atoms. The summed E-state index contributed by atoms with van der Waals surface area (Å²) in [6.07, 6.45) is 11.5. The van der Waals surface area contributed by atoms with Gasteiger partial charge in [-0.05, 0) is 50.5 Å². The highest BCUT2D eigenvalue weighted by molar-refractivity contribution is 5.78. The summed E-state index contributed by atoms with van der Waals surface area (Å²) in [5.74, 6) is 0.805. The van der Waals surface area contributed by atoms with Crippen molar-refractivity contribution < 1.29 is 5.11 Å². The van der Waals surface area contributed by atoms with E-state index in [0.717, 1.165) is 24.3 Å². The van der Waals surface area contributed by atoms with E-state index in [1.54, 1.807) is 0 Å². The Morgan fingerprint density at radius 1 is 0.920 bits per heavy atom. The third-order valence-corrected chi connectivity index (χ3v) is 5.25. The lowest BCUT2D eigenvalue weighted by Crippen LogP contribution is -2.07. The lowest BCUT2D eigenvalue weighted by Gasteiger charge is -2.11.